The number of nitrogens with one attached hydrogen (secondary N) is 1. The van der Waals surface area contributed by atoms with E-state index in [1.807, 2.05) is 32.8 Å². The molecule has 0 heterocycles. The number of carbonyl (C=O) groups is 2. The van der Waals surface area contributed by atoms with Crippen molar-refractivity contribution in [2.45, 2.75) is 51.6 Å². The zero-order valence-corrected chi connectivity index (χ0v) is 14.5. The number of nitrogens with zero attached hydrogens (tertiary/aromatic N) is 2. The summed E-state index contributed by atoms with van der Waals surface area (Å²) in [5, 5.41) is 2.69. The molecule has 0 unspecified atom stereocenters. The number of hydrogen-bond donors (Lipinski definition) is 2. The molecule has 1 aliphatic rings. The summed E-state index contributed by atoms with van der Waals surface area (Å²) in [6.07, 6.45) is 4.50. The Balaban J connectivity index is 2.53. The summed E-state index contributed by atoms with van der Waals surface area (Å²) in [6, 6.07) is -0.238. The van der Waals surface area contributed by atoms with E-state index in [0.29, 0.717) is 12.6 Å². The van der Waals surface area contributed by atoms with Crippen molar-refractivity contribution in [1.29, 1.82) is 0 Å². The van der Waals surface area contributed by atoms with E-state index in [0.717, 1.165) is 19.4 Å². The van der Waals surface area contributed by atoms with Gasteiger partial charge in [-0.15, -0.1) is 0 Å². The van der Waals surface area contributed by atoms with Crippen molar-refractivity contribution in [3.8, 4) is 0 Å². The van der Waals surface area contributed by atoms with Gasteiger partial charge in [0.2, 0.25) is 11.8 Å². The van der Waals surface area contributed by atoms with Crippen LogP contribution in [0.3, 0.4) is 0 Å². The molecule has 0 aromatic carbocycles. The average molecular weight is 312 g/mol. The van der Waals surface area contributed by atoms with Crippen LogP contribution in [0.1, 0.15) is 39.5 Å². The lowest BCUT2D eigenvalue weighted by Gasteiger charge is -2.30. The Kier molecular flexibility index (Phi) is 7.82. The Bertz CT molecular complexity index is 365. The Morgan fingerprint density at radius 3 is 2.27 bits per heavy atom. The molecule has 3 N–H and O–H groups in total. The highest BCUT2D eigenvalue weighted by Gasteiger charge is 2.27. The minimum Gasteiger partial charge on any atom is -0.346 e. The molecule has 1 aliphatic carbocycles. The van der Waals surface area contributed by atoms with Crippen LogP contribution in [0.5, 0.6) is 0 Å². The molecule has 0 bridgehead atoms. The summed E-state index contributed by atoms with van der Waals surface area (Å²) in [7, 11) is 4.00. The fraction of sp³-hybridized carbons (Fsp3) is 0.875. The molecule has 0 spiro atoms. The van der Waals surface area contributed by atoms with Crippen LogP contribution in [-0.4, -0.2) is 67.4 Å². The number of amides is 2. The lowest BCUT2D eigenvalue weighted by Crippen LogP contribution is -2.50. The molecule has 1 saturated carbocycles. The van der Waals surface area contributed by atoms with Crippen molar-refractivity contribution in [3.63, 3.8) is 0 Å². The van der Waals surface area contributed by atoms with Crippen LogP contribution in [0.4, 0.5) is 0 Å². The SMILES string of the molecule is CC(C)[C@H](N)C(=O)NCC(=O)N(CCN(C)C)C1CCCC1. The van der Waals surface area contributed by atoms with Gasteiger partial charge in [-0.2, -0.15) is 0 Å². The second-order valence-corrected chi connectivity index (χ2v) is 6.82. The molecule has 0 aromatic heterocycles. The van der Waals surface area contributed by atoms with Gasteiger partial charge in [-0.1, -0.05) is 26.7 Å². The summed E-state index contributed by atoms with van der Waals surface area (Å²) in [5.74, 6) is -0.185. The third-order valence-electron chi connectivity index (χ3n) is 4.31. The van der Waals surface area contributed by atoms with E-state index in [-0.39, 0.29) is 24.3 Å². The Morgan fingerprint density at radius 2 is 1.77 bits per heavy atom. The Morgan fingerprint density at radius 1 is 1.18 bits per heavy atom. The van der Waals surface area contributed by atoms with Crippen LogP contribution in [0.15, 0.2) is 0 Å². The molecule has 0 radical (unpaired) electrons. The lowest BCUT2D eigenvalue weighted by atomic mass is 10.1. The standard InChI is InChI=1S/C16H32N4O2/c1-12(2)15(17)16(22)18-11-14(21)20(10-9-19(3)4)13-7-5-6-8-13/h12-13,15H,5-11,17H2,1-4H3,(H,18,22)/t15-/m0/s1. The maximum atomic E-state index is 12.5. The van der Waals surface area contributed by atoms with E-state index in [9.17, 15) is 9.59 Å². The second-order valence-electron chi connectivity index (χ2n) is 6.82. The Labute approximate surface area is 134 Å². The number of rotatable bonds is 8. The monoisotopic (exact) mass is 312 g/mol. The lowest BCUT2D eigenvalue weighted by molar-refractivity contribution is -0.135. The van der Waals surface area contributed by atoms with Crippen molar-refractivity contribution in [1.82, 2.24) is 15.1 Å². The van der Waals surface area contributed by atoms with Crippen molar-refractivity contribution >= 4 is 11.8 Å². The highest BCUT2D eigenvalue weighted by atomic mass is 16.2. The third kappa shape index (κ3) is 5.93. The van der Waals surface area contributed by atoms with Crippen molar-refractivity contribution in [2.24, 2.45) is 11.7 Å². The van der Waals surface area contributed by atoms with Gasteiger partial charge in [0.1, 0.15) is 0 Å². The van der Waals surface area contributed by atoms with E-state index in [1.54, 1.807) is 0 Å². The van der Waals surface area contributed by atoms with Gasteiger partial charge >= 0.3 is 0 Å². The highest BCUT2D eigenvalue weighted by molar-refractivity contribution is 5.87. The molecule has 128 valence electrons. The molecule has 1 atom stereocenters. The van der Waals surface area contributed by atoms with E-state index in [4.69, 9.17) is 5.73 Å². The van der Waals surface area contributed by atoms with Gasteiger partial charge < -0.3 is 20.9 Å². The molecule has 0 aromatic rings. The second kappa shape index (κ2) is 9.10. The molecule has 0 saturated heterocycles. The first-order valence-electron chi connectivity index (χ1n) is 8.30. The molecule has 0 aliphatic heterocycles. The molecule has 1 fully saturated rings. The first kappa shape index (κ1) is 18.9. The zero-order chi connectivity index (χ0) is 16.7. The summed E-state index contributed by atoms with van der Waals surface area (Å²) in [6.45, 7) is 5.38. The maximum absolute atomic E-state index is 12.5. The van der Waals surface area contributed by atoms with Gasteiger partial charge in [0, 0.05) is 19.1 Å². The predicted molar refractivity (Wildman–Crippen MR) is 88.3 cm³/mol. The molecule has 22 heavy (non-hydrogen) atoms. The maximum Gasteiger partial charge on any atom is 0.242 e. The third-order valence-corrected chi connectivity index (χ3v) is 4.31. The molecular formula is C16H32N4O2. The van der Waals surface area contributed by atoms with Gasteiger partial charge in [0.05, 0.1) is 12.6 Å². The molecular weight excluding hydrogens is 280 g/mol. The van der Waals surface area contributed by atoms with Gasteiger partial charge in [0.25, 0.3) is 0 Å². The number of hydrogen-bond acceptors (Lipinski definition) is 4. The van der Waals surface area contributed by atoms with Gasteiger partial charge in [-0.05, 0) is 32.9 Å². The summed E-state index contributed by atoms with van der Waals surface area (Å²) < 4.78 is 0. The van der Waals surface area contributed by atoms with Crippen LogP contribution < -0.4 is 11.1 Å². The van der Waals surface area contributed by atoms with Gasteiger partial charge in [-0.25, -0.2) is 0 Å². The van der Waals surface area contributed by atoms with Crippen molar-refractivity contribution < 1.29 is 9.59 Å². The highest BCUT2D eigenvalue weighted by Crippen LogP contribution is 2.23. The van der Waals surface area contributed by atoms with Gasteiger partial charge in [0.15, 0.2) is 0 Å². The summed E-state index contributed by atoms with van der Waals surface area (Å²) in [4.78, 5) is 28.4. The van der Waals surface area contributed by atoms with Crippen LogP contribution in [0.2, 0.25) is 0 Å². The minimum atomic E-state index is -0.561. The number of carbonyl (C=O) groups excluding carboxylic acids is 2. The zero-order valence-electron chi connectivity index (χ0n) is 14.5. The van der Waals surface area contributed by atoms with Crippen LogP contribution in [-0.2, 0) is 9.59 Å². The normalized spacial score (nSPS) is 17.0. The van der Waals surface area contributed by atoms with Crippen LogP contribution in [0, 0.1) is 5.92 Å². The smallest absolute Gasteiger partial charge is 0.242 e. The Hall–Kier alpha value is -1.14. The molecule has 6 heteroatoms. The van der Waals surface area contributed by atoms with E-state index >= 15 is 0 Å². The van der Waals surface area contributed by atoms with Crippen LogP contribution in [0.25, 0.3) is 0 Å². The minimum absolute atomic E-state index is 0.00180. The van der Waals surface area contributed by atoms with E-state index < -0.39 is 6.04 Å². The molecule has 6 nitrogen and oxygen atoms in total. The van der Waals surface area contributed by atoms with Gasteiger partial charge in [-0.3, -0.25) is 9.59 Å². The fourth-order valence-electron chi connectivity index (χ4n) is 2.72. The number of nitrogens with two attached hydrogens (primary N) is 1. The van der Waals surface area contributed by atoms with Crippen LogP contribution >= 0.6 is 0 Å². The quantitative estimate of drug-likeness (QED) is 0.681. The fourth-order valence-corrected chi connectivity index (χ4v) is 2.72. The van der Waals surface area contributed by atoms with E-state index in [2.05, 4.69) is 10.2 Å². The topological polar surface area (TPSA) is 78.7 Å². The molecule has 1 rings (SSSR count). The average Bonchev–Trinajstić information content (AvgIpc) is 2.97. The summed E-state index contributed by atoms with van der Waals surface area (Å²) >= 11 is 0. The first-order valence-corrected chi connectivity index (χ1v) is 8.30. The largest absolute Gasteiger partial charge is 0.346 e. The first-order chi connectivity index (χ1) is 10.3. The summed E-state index contributed by atoms with van der Waals surface area (Å²) in [5.41, 5.74) is 5.80. The van der Waals surface area contributed by atoms with Crippen molar-refractivity contribution in [3.05, 3.63) is 0 Å². The van der Waals surface area contributed by atoms with E-state index in [1.165, 1.54) is 12.8 Å². The van der Waals surface area contributed by atoms with Crippen molar-refractivity contribution in [2.75, 3.05) is 33.7 Å². The molecule has 2 amide bonds. The predicted octanol–water partition coefficient (Wildman–Crippen LogP) is 0.419. The number of likely N-dealkylation sites (N-methyl/N-ethyl adjacent to an activating group) is 1.